The van der Waals surface area contributed by atoms with E-state index in [-0.39, 0.29) is 36.0 Å². The number of carbonyl (C=O) groups is 2. The Bertz CT molecular complexity index is 1240. The lowest BCUT2D eigenvalue weighted by Crippen LogP contribution is -2.48. The van der Waals surface area contributed by atoms with Crippen LogP contribution in [0.2, 0.25) is 0 Å². The number of amides is 2. The Morgan fingerprint density at radius 2 is 1.76 bits per heavy atom. The highest BCUT2D eigenvalue weighted by Gasteiger charge is 2.20. The van der Waals surface area contributed by atoms with Gasteiger partial charge in [0.25, 0.3) is 11.5 Å². The zero-order valence-electron chi connectivity index (χ0n) is 18.9. The Hall–Kier alpha value is -3.73. The summed E-state index contributed by atoms with van der Waals surface area (Å²) in [5, 5.41) is 0. The van der Waals surface area contributed by atoms with Crippen LogP contribution < -0.4 is 22.1 Å². The highest BCUT2D eigenvalue weighted by molar-refractivity contribution is 5.82. The number of rotatable bonds is 9. The van der Waals surface area contributed by atoms with E-state index in [0.717, 1.165) is 10.1 Å². The monoisotopic (exact) mass is 456 g/mol. The van der Waals surface area contributed by atoms with Crippen LogP contribution in [0.15, 0.2) is 46.2 Å². The van der Waals surface area contributed by atoms with Gasteiger partial charge in [-0.15, -0.1) is 0 Å². The van der Waals surface area contributed by atoms with E-state index < -0.39 is 23.7 Å². The maximum absolute atomic E-state index is 13.2. The minimum absolute atomic E-state index is 0.115. The van der Waals surface area contributed by atoms with Crippen LogP contribution in [0.4, 0.5) is 0 Å². The van der Waals surface area contributed by atoms with E-state index in [2.05, 4.69) is 15.8 Å². The molecule has 11 nitrogen and oxygen atoms in total. The second-order valence-electron chi connectivity index (χ2n) is 8.04. The van der Waals surface area contributed by atoms with E-state index in [1.165, 1.54) is 10.9 Å². The number of methoxy groups -OCH3 is 1. The van der Waals surface area contributed by atoms with Crippen LogP contribution in [-0.4, -0.2) is 44.2 Å². The Balaban J connectivity index is 1.99. The lowest BCUT2D eigenvalue weighted by Gasteiger charge is -2.13. The van der Waals surface area contributed by atoms with Gasteiger partial charge in [0.2, 0.25) is 5.91 Å². The number of imidazole rings is 1. The quantitative estimate of drug-likeness (QED) is 0.444. The molecule has 0 spiro atoms. The summed E-state index contributed by atoms with van der Waals surface area (Å²) < 4.78 is 8.91. The standard InChI is InChI=1S/C22H28N6O5/c1-15(2)11-17(29)24-25-18(30)13-28-21(31)19-20(23-14-26(19)9-10-33-3)27(22(28)32)12-16-7-5-4-6-8-16/h4-8,14-15H,9-13H2,1-3H3,(H,24,29)(H,25,30). The number of nitrogens with one attached hydrogen (secondary N) is 2. The number of benzene rings is 1. The fourth-order valence-corrected chi connectivity index (χ4v) is 3.39. The molecule has 0 fully saturated rings. The summed E-state index contributed by atoms with van der Waals surface area (Å²) in [7, 11) is 1.54. The molecule has 2 N–H and O–H groups in total. The average Bonchev–Trinajstić information content (AvgIpc) is 3.21. The van der Waals surface area contributed by atoms with Crippen molar-refractivity contribution in [2.75, 3.05) is 13.7 Å². The molecule has 0 aliphatic carbocycles. The minimum Gasteiger partial charge on any atom is -0.383 e. The normalized spacial score (nSPS) is 11.2. The lowest BCUT2D eigenvalue weighted by atomic mass is 10.1. The van der Waals surface area contributed by atoms with Gasteiger partial charge in [0.05, 0.1) is 19.5 Å². The third kappa shape index (κ3) is 5.75. The molecular formula is C22H28N6O5. The summed E-state index contributed by atoms with van der Waals surface area (Å²) in [5.74, 6) is -0.940. The van der Waals surface area contributed by atoms with Gasteiger partial charge in [0.15, 0.2) is 11.2 Å². The molecule has 3 rings (SSSR count). The predicted molar refractivity (Wildman–Crippen MR) is 121 cm³/mol. The summed E-state index contributed by atoms with van der Waals surface area (Å²) in [4.78, 5) is 55.0. The number of carbonyl (C=O) groups excluding carboxylic acids is 2. The van der Waals surface area contributed by atoms with Crippen molar-refractivity contribution in [3.05, 3.63) is 63.1 Å². The first kappa shape index (κ1) is 23.9. The SMILES string of the molecule is COCCn1cnc2c1c(=O)n(CC(=O)NNC(=O)CC(C)C)c(=O)n2Cc1ccccc1. The maximum atomic E-state index is 13.2. The zero-order valence-corrected chi connectivity index (χ0v) is 18.9. The first-order valence-electron chi connectivity index (χ1n) is 10.6. The van der Waals surface area contributed by atoms with Gasteiger partial charge in [0, 0.05) is 20.1 Å². The fourth-order valence-electron chi connectivity index (χ4n) is 3.39. The van der Waals surface area contributed by atoms with E-state index >= 15 is 0 Å². The first-order valence-corrected chi connectivity index (χ1v) is 10.6. The second-order valence-corrected chi connectivity index (χ2v) is 8.04. The highest BCUT2D eigenvalue weighted by atomic mass is 16.5. The zero-order chi connectivity index (χ0) is 24.0. The molecule has 2 aromatic heterocycles. The Labute approximate surface area is 190 Å². The van der Waals surface area contributed by atoms with Crippen LogP contribution in [0.5, 0.6) is 0 Å². The molecule has 0 radical (unpaired) electrons. The molecule has 0 atom stereocenters. The molecule has 0 saturated heterocycles. The summed E-state index contributed by atoms with van der Waals surface area (Å²) in [6, 6.07) is 9.26. The van der Waals surface area contributed by atoms with Gasteiger partial charge in [-0.05, 0) is 11.5 Å². The van der Waals surface area contributed by atoms with Gasteiger partial charge < -0.3 is 9.30 Å². The molecule has 33 heavy (non-hydrogen) atoms. The molecular weight excluding hydrogens is 428 g/mol. The number of hydrogen-bond donors (Lipinski definition) is 2. The number of hydrogen-bond acceptors (Lipinski definition) is 6. The number of ether oxygens (including phenoxy) is 1. The fraction of sp³-hybridized carbons (Fsp3) is 0.409. The molecule has 3 aromatic rings. The number of aromatic nitrogens is 4. The number of fused-ring (bicyclic) bond motifs is 1. The molecule has 176 valence electrons. The summed E-state index contributed by atoms with van der Waals surface area (Å²) in [6.45, 7) is 4.05. The van der Waals surface area contributed by atoms with Crippen molar-refractivity contribution < 1.29 is 14.3 Å². The van der Waals surface area contributed by atoms with E-state index in [1.54, 1.807) is 11.7 Å². The van der Waals surface area contributed by atoms with Gasteiger partial charge in [-0.1, -0.05) is 44.2 Å². The van der Waals surface area contributed by atoms with Gasteiger partial charge in [-0.2, -0.15) is 0 Å². The second kappa shape index (κ2) is 10.7. The summed E-state index contributed by atoms with van der Waals surface area (Å²) in [5.41, 5.74) is 4.51. The van der Waals surface area contributed by atoms with Crippen molar-refractivity contribution >= 4 is 23.0 Å². The summed E-state index contributed by atoms with van der Waals surface area (Å²) >= 11 is 0. The Morgan fingerprint density at radius 3 is 2.42 bits per heavy atom. The van der Waals surface area contributed by atoms with E-state index in [1.807, 2.05) is 44.2 Å². The van der Waals surface area contributed by atoms with Crippen molar-refractivity contribution in [1.82, 2.24) is 29.5 Å². The molecule has 0 aliphatic heterocycles. The highest BCUT2D eigenvalue weighted by Crippen LogP contribution is 2.10. The molecule has 1 aromatic carbocycles. The van der Waals surface area contributed by atoms with E-state index in [9.17, 15) is 19.2 Å². The third-order valence-electron chi connectivity index (χ3n) is 4.94. The van der Waals surface area contributed by atoms with Crippen LogP contribution in [0.1, 0.15) is 25.8 Å². The maximum Gasteiger partial charge on any atom is 0.333 e. The lowest BCUT2D eigenvalue weighted by molar-refractivity contribution is -0.129. The van der Waals surface area contributed by atoms with Gasteiger partial charge >= 0.3 is 5.69 Å². The van der Waals surface area contributed by atoms with Gasteiger partial charge in [-0.3, -0.25) is 29.8 Å². The molecule has 0 aliphatic rings. The van der Waals surface area contributed by atoms with Gasteiger partial charge in [-0.25, -0.2) is 14.3 Å². The molecule has 0 bridgehead atoms. The topological polar surface area (TPSA) is 129 Å². The Kier molecular flexibility index (Phi) is 7.78. The first-order chi connectivity index (χ1) is 15.8. The molecule has 2 heterocycles. The van der Waals surface area contributed by atoms with E-state index in [0.29, 0.717) is 13.2 Å². The van der Waals surface area contributed by atoms with Crippen LogP contribution in [-0.2, 0) is 34.0 Å². The third-order valence-corrected chi connectivity index (χ3v) is 4.94. The number of nitrogens with zero attached hydrogens (tertiary/aromatic N) is 4. The van der Waals surface area contributed by atoms with Crippen LogP contribution >= 0.6 is 0 Å². The molecule has 11 heteroatoms. The predicted octanol–water partition coefficient (Wildman–Crippen LogP) is 0.248. The minimum atomic E-state index is -0.695. The van der Waals surface area contributed by atoms with Crippen molar-refractivity contribution in [1.29, 1.82) is 0 Å². The smallest absolute Gasteiger partial charge is 0.333 e. The molecule has 0 saturated carbocycles. The molecule has 0 unspecified atom stereocenters. The Morgan fingerprint density at radius 1 is 1.06 bits per heavy atom. The molecule has 2 amide bonds. The van der Waals surface area contributed by atoms with Crippen molar-refractivity contribution in [3.63, 3.8) is 0 Å². The van der Waals surface area contributed by atoms with Crippen molar-refractivity contribution in [3.8, 4) is 0 Å². The van der Waals surface area contributed by atoms with Gasteiger partial charge in [0.1, 0.15) is 6.54 Å². The largest absolute Gasteiger partial charge is 0.383 e. The van der Waals surface area contributed by atoms with Crippen LogP contribution in [0, 0.1) is 5.92 Å². The van der Waals surface area contributed by atoms with Crippen LogP contribution in [0.3, 0.4) is 0 Å². The van der Waals surface area contributed by atoms with Crippen molar-refractivity contribution in [2.24, 2.45) is 5.92 Å². The summed E-state index contributed by atoms with van der Waals surface area (Å²) in [6.07, 6.45) is 1.71. The number of hydrazine groups is 1. The van der Waals surface area contributed by atoms with Crippen LogP contribution in [0.25, 0.3) is 11.2 Å². The van der Waals surface area contributed by atoms with Crippen molar-refractivity contribution in [2.45, 2.75) is 39.9 Å². The van der Waals surface area contributed by atoms with E-state index in [4.69, 9.17) is 4.74 Å². The average molecular weight is 457 g/mol.